The van der Waals surface area contributed by atoms with Crippen molar-refractivity contribution in [1.29, 1.82) is 0 Å². The molecule has 0 saturated heterocycles. The molecule has 0 unspecified atom stereocenters. The molecule has 30 heavy (non-hydrogen) atoms. The summed E-state index contributed by atoms with van der Waals surface area (Å²) in [6, 6.07) is 8.45. The lowest BCUT2D eigenvalue weighted by Crippen LogP contribution is -2.21. The number of esters is 1. The maximum atomic E-state index is 12.2. The molecule has 0 aliphatic heterocycles. The number of carbonyl (C=O) groups is 2. The van der Waals surface area contributed by atoms with Gasteiger partial charge >= 0.3 is 5.97 Å². The van der Waals surface area contributed by atoms with Crippen LogP contribution in [0.15, 0.2) is 36.4 Å². The number of carbonyl (C=O) groups excluding carboxylic acids is 2. The highest BCUT2D eigenvalue weighted by Crippen LogP contribution is 2.30. The fraction of sp³-hybridized carbons (Fsp3) is 0.300. The van der Waals surface area contributed by atoms with Gasteiger partial charge in [-0.05, 0) is 44.2 Å². The SMILES string of the molecule is COc1ccc(NC(=O)COC(=O)c2ccc(OC(C)C)c(OC)c2)c([N+](=O)[O-])c1. The third-order valence-corrected chi connectivity index (χ3v) is 3.77. The van der Waals surface area contributed by atoms with E-state index in [4.69, 9.17) is 18.9 Å². The van der Waals surface area contributed by atoms with Crippen molar-refractivity contribution >= 4 is 23.3 Å². The maximum absolute atomic E-state index is 12.2. The molecule has 2 rings (SSSR count). The predicted octanol–water partition coefficient (Wildman–Crippen LogP) is 3.19. The minimum absolute atomic E-state index is 0.0429. The molecule has 0 radical (unpaired) electrons. The zero-order chi connectivity index (χ0) is 22.3. The fourth-order valence-electron chi connectivity index (χ4n) is 2.44. The molecule has 0 atom stereocenters. The smallest absolute Gasteiger partial charge is 0.338 e. The number of hydrogen-bond donors (Lipinski definition) is 1. The second kappa shape index (κ2) is 10.1. The zero-order valence-electron chi connectivity index (χ0n) is 17.0. The highest BCUT2D eigenvalue weighted by atomic mass is 16.6. The van der Waals surface area contributed by atoms with Gasteiger partial charge in [0.25, 0.3) is 11.6 Å². The minimum Gasteiger partial charge on any atom is -0.496 e. The Bertz CT molecular complexity index is 942. The summed E-state index contributed by atoms with van der Waals surface area (Å²) in [6.07, 6.45) is -0.0811. The zero-order valence-corrected chi connectivity index (χ0v) is 17.0. The monoisotopic (exact) mass is 418 g/mol. The second-order valence-electron chi connectivity index (χ2n) is 6.30. The maximum Gasteiger partial charge on any atom is 0.338 e. The molecule has 0 spiro atoms. The minimum atomic E-state index is -0.760. The molecule has 2 aromatic carbocycles. The number of benzene rings is 2. The lowest BCUT2D eigenvalue weighted by atomic mass is 10.2. The van der Waals surface area contributed by atoms with E-state index >= 15 is 0 Å². The number of nitrogens with one attached hydrogen (secondary N) is 1. The van der Waals surface area contributed by atoms with Gasteiger partial charge in [0.1, 0.15) is 11.4 Å². The Hall–Kier alpha value is -3.82. The van der Waals surface area contributed by atoms with Crippen molar-refractivity contribution < 1.29 is 33.5 Å². The molecule has 10 nitrogen and oxygen atoms in total. The van der Waals surface area contributed by atoms with Crippen LogP contribution in [0.1, 0.15) is 24.2 Å². The number of hydrogen-bond acceptors (Lipinski definition) is 8. The number of amides is 1. The first-order chi connectivity index (χ1) is 14.2. The van der Waals surface area contributed by atoms with Crippen LogP contribution in [0.2, 0.25) is 0 Å². The molecule has 0 bridgehead atoms. The van der Waals surface area contributed by atoms with Crippen molar-refractivity contribution in [2.75, 3.05) is 26.1 Å². The van der Waals surface area contributed by atoms with Gasteiger partial charge in [-0.1, -0.05) is 0 Å². The van der Waals surface area contributed by atoms with Gasteiger partial charge in [0, 0.05) is 0 Å². The average Bonchev–Trinajstić information content (AvgIpc) is 2.72. The molecule has 0 fully saturated rings. The Balaban J connectivity index is 2.03. The van der Waals surface area contributed by atoms with Crippen molar-refractivity contribution in [3.63, 3.8) is 0 Å². The van der Waals surface area contributed by atoms with E-state index in [1.54, 1.807) is 6.07 Å². The Morgan fingerprint density at radius 3 is 2.40 bits per heavy atom. The Kier molecular flexibility index (Phi) is 7.56. The van der Waals surface area contributed by atoms with Crippen LogP contribution in [0.25, 0.3) is 0 Å². The Morgan fingerprint density at radius 2 is 1.80 bits per heavy atom. The van der Waals surface area contributed by atoms with Crippen LogP contribution in [-0.4, -0.2) is 43.7 Å². The lowest BCUT2D eigenvalue weighted by molar-refractivity contribution is -0.384. The van der Waals surface area contributed by atoms with Crippen LogP contribution in [0.3, 0.4) is 0 Å². The van der Waals surface area contributed by atoms with Gasteiger partial charge in [-0.25, -0.2) is 4.79 Å². The number of methoxy groups -OCH3 is 2. The summed E-state index contributed by atoms with van der Waals surface area (Å²) in [5.74, 6) is -0.415. The first kappa shape index (κ1) is 22.5. The first-order valence-electron chi connectivity index (χ1n) is 8.89. The third kappa shape index (κ3) is 5.84. The largest absolute Gasteiger partial charge is 0.496 e. The number of nitrogens with zero attached hydrogens (tertiary/aromatic N) is 1. The van der Waals surface area contributed by atoms with E-state index in [2.05, 4.69) is 5.32 Å². The van der Waals surface area contributed by atoms with E-state index in [0.717, 1.165) is 0 Å². The summed E-state index contributed by atoms with van der Waals surface area (Å²) in [5.41, 5.74) is -0.232. The van der Waals surface area contributed by atoms with Crippen molar-refractivity contribution in [2.24, 2.45) is 0 Å². The second-order valence-corrected chi connectivity index (χ2v) is 6.30. The summed E-state index contributed by atoms with van der Waals surface area (Å²) in [4.78, 5) is 34.8. The van der Waals surface area contributed by atoms with Gasteiger partial charge in [-0.2, -0.15) is 0 Å². The molecule has 10 heteroatoms. The molecule has 0 saturated carbocycles. The molecule has 0 aromatic heterocycles. The first-order valence-corrected chi connectivity index (χ1v) is 8.89. The van der Waals surface area contributed by atoms with Crippen molar-refractivity contribution in [2.45, 2.75) is 20.0 Å². The summed E-state index contributed by atoms with van der Waals surface area (Å²) < 4.78 is 20.7. The summed E-state index contributed by atoms with van der Waals surface area (Å²) in [7, 11) is 2.81. The Morgan fingerprint density at radius 1 is 1.07 bits per heavy atom. The van der Waals surface area contributed by atoms with E-state index in [9.17, 15) is 19.7 Å². The van der Waals surface area contributed by atoms with E-state index < -0.39 is 23.4 Å². The van der Waals surface area contributed by atoms with E-state index in [1.807, 2.05) is 13.8 Å². The van der Waals surface area contributed by atoms with Crippen LogP contribution in [0, 0.1) is 10.1 Å². The van der Waals surface area contributed by atoms with Crippen LogP contribution < -0.4 is 19.5 Å². The molecule has 0 heterocycles. The standard InChI is InChI=1S/C20H22N2O8/c1-12(2)30-17-8-5-13(9-18(17)28-4)20(24)29-11-19(23)21-15-7-6-14(27-3)10-16(15)22(25)26/h5-10,12H,11H2,1-4H3,(H,21,23). The number of ether oxygens (including phenoxy) is 4. The van der Waals surface area contributed by atoms with Crippen LogP contribution in [0.5, 0.6) is 17.2 Å². The van der Waals surface area contributed by atoms with Gasteiger partial charge in [-0.3, -0.25) is 14.9 Å². The molecular formula is C20H22N2O8. The van der Waals surface area contributed by atoms with E-state index in [0.29, 0.717) is 11.5 Å². The number of nitro benzene ring substituents is 1. The highest BCUT2D eigenvalue weighted by molar-refractivity contribution is 5.97. The van der Waals surface area contributed by atoms with Crippen LogP contribution in [0.4, 0.5) is 11.4 Å². The molecule has 0 aliphatic carbocycles. The number of rotatable bonds is 9. The highest BCUT2D eigenvalue weighted by Gasteiger charge is 2.19. The third-order valence-electron chi connectivity index (χ3n) is 3.77. The van der Waals surface area contributed by atoms with Gasteiger partial charge in [0.05, 0.1) is 36.9 Å². The van der Waals surface area contributed by atoms with Gasteiger partial charge < -0.3 is 24.3 Å². The fourth-order valence-corrected chi connectivity index (χ4v) is 2.44. The normalized spacial score (nSPS) is 10.3. The topological polar surface area (TPSA) is 126 Å². The molecule has 2 aromatic rings. The van der Waals surface area contributed by atoms with E-state index in [1.165, 1.54) is 44.6 Å². The van der Waals surface area contributed by atoms with Gasteiger partial charge in [0.2, 0.25) is 0 Å². The summed E-state index contributed by atoms with van der Waals surface area (Å²) in [5, 5.41) is 13.5. The molecule has 1 amide bonds. The average molecular weight is 418 g/mol. The molecule has 1 N–H and O–H groups in total. The molecular weight excluding hydrogens is 396 g/mol. The van der Waals surface area contributed by atoms with Gasteiger partial charge in [-0.15, -0.1) is 0 Å². The molecule has 160 valence electrons. The van der Waals surface area contributed by atoms with E-state index in [-0.39, 0.29) is 28.8 Å². The quantitative estimate of drug-likeness (QED) is 0.374. The van der Waals surface area contributed by atoms with Gasteiger partial charge in [0.15, 0.2) is 18.1 Å². The van der Waals surface area contributed by atoms with Crippen molar-refractivity contribution in [1.82, 2.24) is 0 Å². The molecule has 0 aliphatic rings. The van der Waals surface area contributed by atoms with Crippen molar-refractivity contribution in [3.8, 4) is 17.2 Å². The number of anilines is 1. The number of nitro groups is 1. The summed E-state index contributed by atoms with van der Waals surface area (Å²) >= 11 is 0. The van der Waals surface area contributed by atoms with Crippen LogP contribution >= 0.6 is 0 Å². The van der Waals surface area contributed by atoms with Crippen molar-refractivity contribution in [3.05, 3.63) is 52.1 Å². The predicted molar refractivity (Wildman–Crippen MR) is 107 cm³/mol. The Labute approximate surface area is 172 Å². The lowest BCUT2D eigenvalue weighted by Gasteiger charge is -2.14. The van der Waals surface area contributed by atoms with Crippen LogP contribution in [-0.2, 0) is 9.53 Å². The summed E-state index contributed by atoms with van der Waals surface area (Å²) in [6.45, 7) is 3.08.